The molecule has 14 heteroatoms. The van der Waals surface area contributed by atoms with Crippen LogP contribution in [0.15, 0.2) is 82.5 Å². The van der Waals surface area contributed by atoms with Gasteiger partial charge in [-0.3, -0.25) is 19.3 Å². The summed E-state index contributed by atoms with van der Waals surface area (Å²) in [7, 11) is 1.26. The number of oxime groups is 1. The number of carbonyl (C=O) groups excluding carboxylic acids is 4. The molecule has 12 nitrogen and oxygen atoms in total. The normalized spacial score (nSPS) is 18.2. The molecule has 0 aliphatic carbocycles. The minimum absolute atomic E-state index is 0.0385. The fourth-order valence-corrected chi connectivity index (χ4v) is 6.53. The van der Waals surface area contributed by atoms with Gasteiger partial charge in [0, 0.05) is 11.1 Å². The molecule has 2 aromatic carbocycles. The van der Waals surface area contributed by atoms with E-state index in [1.54, 1.807) is 0 Å². The molecular weight excluding hydrogens is 582 g/mol. The van der Waals surface area contributed by atoms with Crippen LogP contribution >= 0.6 is 23.1 Å². The van der Waals surface area contributed by atoms with Gasteiger partial charge in [0.1, 0.15) is 29.9 Å². The summed E-state index contributed by atoms with van der Waals surface area (Å²) in [5.74, 6) is -1.80. The first-order valence-electron chi connectivity index (χ1n) is 12.6. The van der Waals surface area contributed by atoms with Gasteiger partial charge in [0.15, 0.2) is 16.9 Å². The van der Waals surface area contributed by atoms with E-state index in [2.05, 4.69) is 20.8 Å². The molecule has 1 saturated heterocycles. The SMILES string of the molecule is CON=C(C(=O)NC1C(=O)N2C(C(=O)OC(c3ccccc3)c3ccccc3)=C(CO)CS[C@@H]12)c1csc(NC=O)n1. The van der Waals surface area contributed by atoms with E-state index in [0.717, 1.165) is 22.5 Å². The third-order valence-electron chi connectivity index (χ3n) is 6.47. The number of thioether (sulfide) groups is 1. The summed E-state index contributed by atoms with van der Waals surface area (Å²) in [6.45, 7) is -0.447. The quantitative estimate of drug-likeness (QED) is 0.0975. The molecule has 3 N–H and O–H groups in total. The summed E-state index contributed by atoms with van der Waals surface area (Å²) in [5, 5.41) is 20.0. The molecule has 0 radical (unpaired) electrons. The van der Waals surface area contributed by atoms with Crippen LogP contribution in [-0.4, -0.2) is 75.8 Å². The van der Waals surface area contributed by atoms with Gasteiger partial charge in [0.25, 0.3) is 11.8 Å². The molecule has 0 saturated carbocycles. The highest BCUT2D eigenvalue weighted by molar-refractivity contribution is 8.00. The fraction of sp³-hybridized carbons (Fsp3) is 0.214. The number of β-lactam (4-membered cyclic amide) rings is 1. The van der Waals surface area contributed by atoms with Crippen LogP contribution in [0.5, 0.6) is 0 Å². The number of hydrogen-bond donors (Lipinski definition) is 3. The maximum atomic E-state index is 13.7. The fourth-order valence-electron chi connectivity index (χ4n) is 4.54. The molecule has 42 heavy (non-hydrogen) atoms. The summed E-state index contributed by atoms with van der Waals surface area (Å²) in [5.41, 5.74) is 1.73. The number of amides is 3. The monoisotopic (exact) mass is 607 g/mol. The van der Waals surface area contributed by atoms with Crippen LogP contribution in [0.25, 0.3) is 0 Å². The van der Waals surface area contributed by atoms with Gasteiger partial charge in [0.05, 0.1) is 6.61 Å². The Morgan fingerprint density at radius 2 is 1.83 bits per heavy atom. The molecule has 3 aromatic rings. The number of aliphatic hydroxyl groups is 1. The Kier molecular flexibility index (Phi) is 8.95. The number of nitrogens with one attached hydrogen (secondary N) is 2. The second-order valence-corrected chi connectivity index (χ2v) is 11.0. The van der Waals surface area contributed by atoms with E-state index in [9.17, 15) is 24.3 Å². The Labute approximate surface area is 248 Å². The number of thiazole rings is 1. The number of aliphatic hydroxyl groups excluding tert-OH is 1. The van der Waals surface area contributed by atoms with Gasteiger partial charge in [-0.25, -0.2) is 9.78 Å². The number of esters is 1. The summed E-state index contributed by atoms with van der Waals surface area (Å²) in [6, 6.07) is 17.4. The van der Waals surface area contributed by atoms with Crippen molar-refractivity contribution in [2.45, 2.75) is 17.5 Å². The van der Waals surface area contributed by atoms with Crippen LogP contribution in [0.2, 0.25) is 0 Å². The summed E-state index contributed by atoms with van der Waals surface area (Å²) in [6.07, 6.45) is -0.298. The van der Waals surface area contributed by atoms with E-state index < -0.39 is 41.9 Å². The average Bonchev–Trinajstić information content (AvgIpc) is 3.49. The second-order valence-electron chi connectivity index (χ2n) is 9.00. The third-order valence-corrected chi connectivity index (χ3v) is 8.59. The van der Waals surface area contributed by atoms with E-state index >= 15 is 0 Å². The number of ether oxygens (including phenoxy) is 1. The van der Waals surface area contributed by atoms with E-state index in [-0.39, 0.29) is 28.0 Å². The molecule has 0 spiro atoms. The van der Waals surface area contributed by atoms with Crippen molar-refractivity contribution in [1.29, 1.82) is 0 Å². The van der Waals surface area contributed by atoms with E-state index in [1.807, 2.05) is 60.7 Å². The van der Waals surface area contributed by atoms with Crippen LogP contribution in [-0.2, 0) is 28.8 Å². The lowest BCUT2D eigenvalue weighted by Crippen LogP contribution is -2.71. The van der Waals surface area contributed by atoms with Crippen LogP contribution in [0, 0.1) is 0 Å². The van der Waals surface area contributed by atoms with Crippen molar-refractivity contribution in [3.63, 3.8) is 0 Å². The molecule has 3 heterocycles. The highest BCUT2D eigenvalue weighted by Crippen LogP contribution is 2.41. The maximum absolute atomic E-state index is 13.7. The van der Waals surface area contributed by atoms with Gasteiger partial charge >= 0.3 is 5.97 Å². The molecular formula is C28H25N5O7S2. The molecule has 1 aromatic heterocycles. The van der Waals surface area contributed by atoms with Crippen molar-refractivity contribution in [2.75, 3.05) is 24.8 Å². The first-order chi connectivity index (χ1) is 20.5. The van der Waals surface area contributed by atoms with Gasteiger partial charge < -0.3 is 25.3 Å². The molecule has 2 aliphatic heterocycles. The third kappa shape index (κ3) is 5.77. The van der Waals surface area contributed by atoms with Crippen molar-refractivity contribution < 1.29 is 33.9 Å². The lowest BCUT2D eigenvalue weighted by atomic mass is 10.0. The number of aromatic nitrogens is 1. The van der Waals surface area contributed by atoms with E-state index in [0.29, 0.717) is 12.0 Å². The zero-order valence-electron chi connectivity index (χ0n) is 22.1. The average molecular weight is 608 g/mol. The zero-order valence-corrected chi connectivity index (χ0v) is 23.8. The Morgan fingerprint density at radius 1 is 1.17 bits per heavy atom. The molecule has 1 fully saturated rings. The van der Waals surface area contributed by atoms with Crippen LogP contribution in [0.4, 0.5) is 5.13 Å². The molecule has 1 unspecified atom stereocenters. The second kappa shape index (κ2) is 13.0. The van der Waals surface area contributed by atoms with Gasteiger partial charge in [0.2, 0.25) is 6.41 Å². The highest BCUT2D eigenvalue weighted by atomic mass is 32.2. The lowest BCUT2D eigenvalue weighted by Gasteiger charge is -2.49. The Bertz CT molecular complexity index is 1500. The first-order valence-corrected chi connectivity index (χ1v) is 14.6. The highest BCUT2D eigenvalue weighted by Gasteiger charge is 2.55. The van der Waals surface area contributed by atoms with Crippen LogP contribution in [0.1, 0.15) is 22.9 Å². The Balaban J connectivity index is 1.36. The van der Waals surface area contributed by atoms with Crippen molar-refractivity contribution in [3.8, 4) is 0 Å². The summed E-state index contributed by atoms with van der Waals surface area (Å²) < 4.78 is 5.99. The number of anilines is 1. The lowest BCUT2D eigenvalue weighted by molar-refractivity contribution is -0.154. The van der Waals surface area contributed by atoms with Crippen molar-refractivity contribution in [2.24, 2.45) is 5.16 Å². The Morgan fingerprint density at radius 3 is 2.43 bits per heavy atom. The number of benzene rings is 2. The smallest absolute Gasteiger partial charge is 0.356 e. The van der Waals surface area contributed by atoms with Gasteiger partial charge in [-0.2, -0.15) is 0 Å². The van der Waals surface area contributed by atoms with Crippen molar-refractivity contribution in [1.82, 2.24) is 15.2 Å². The zero-order chi connectivity index (χ0) is 29.6. The van der Waals surface area contributed by atoms with Crippen molar-refractivity contribution in [3.05, 3.63) is 94.1 Å². The minimum atomic E-state index is -0.988. The number of hydrogen-bond acceptors (Lipinski definition) is 11. The molecule has 216 valence electrons. The molecule has 3 amide bonds. The standard InChI is InChI=1S/C28H25N5O7S2/c1-39-32-20(19-14-42-28(30-19)29-15-35)24(36)31-21-25(37)33-22(18(12-34)13-41-26(21)33)27(38)40-23(16-8-4-2-5-9-16)17-10-6-3-7-11-17/h2-11,14-15,21,23,26,34H,12-13H2,1H3,(H,31,36)(H,29,30,35)/t21?,26-/m0/s1. The molecule has 0 bridgehead atoms. The topological polar surface area (TPSA) is 160 Å². The number of rotatable bonds is 11. The number of carbonyl (C=O) groups is 4. The molecule has 2 aliphatic rings. The Hall–Kier alpha value is -4.53. The van der Waals surface area contributed by atoms with E-state index in [4.69, 9.17) is 9.57 Å². The number of fused-ring (bicyclic) bond motifs is 1. The van der Waals surface area contributed by atoms with Gasteiger partial charge in [-0.15, -0.1) is 23.1 Å². The van der Waals surface area contributed by atoms with Gasteiger partial charge in [-0.1, -0.05) is 65.8 Å². The summed E-state index contributed by atoms with van der Waals surface area (Å²) >= 11 is 2.38. The van der Waals surface area contributed by atoms with Crippen molar-refractivity contribution >= 4 is 58.1 Å². The predicted molar refractivity (Wildman–Crippen MR) is 155 cm³/mol. The number of nitrogens with zero attached hydrogens (tertiary/aromatic N) is 3. The molecule has 2 atom stereocenters. The van der Waals surface area contributed by atoms with Crippen LogP contribution in [0.3, 0.4) is 0 Å². The van der Waals surface area contributed by atoms with E-state index in [1.165, 1.54) is 29.2 Å². The predicted octanol–water partition coefficient (Wildman–Crippen LogP) is 2.04. The molecule has 5 rings (SSSR count). The largest absolute Gasteiger partial charge is 0.448 e. The van der Waals surface area contributed by atoms with Crippen LogP contribution < -0.4 is 10.6 Å². The first kappa shape index (κ1) is 29.0. The maximum Gasteiger partial charge on any atom is 0.356 e. The minimum Gasteiger partial charge on any atom is -0.448 e. The van der Waals surface area contributed by atoms with Gasteiger partial charge in [-0.05, 0) is 16.7 Å². The summed E-state index contributed by atoms with van der Waals surface area (Å²) in [4.78, 5) is 61.1.